The lowest BCUT2D eigenvalue weighted by Gasteiger charge is -2.36. The van der Waals surface area contributed by atoms with Gasteiger partial charge >= 0.3 is 12.0 Å². The number of nitrogens with zero attached hydrogens (tertiary/aromatic N) is 2. The summed E-state index contributed by atoms with van der Waals surface area (Å²) in [4.78, 5) is 33.5. The molecule has 0 radical (unpaired) electrons. The van der Waals surface area contributed by atoms with Crippen molar-refractivity contribution in [2.75, 3.05) is 13.7 Å². The van der Waals surface area contributed by atoms with Gasteiger partial charge in [-0.15, -0.1) is 0 Å². The largest absolute Gasteiger partial charge is 0.467 e. The SMILES string of the molecule is COC(=O)[C@@H](CC(C)C)NC(=O)N1CCc2[nH]cnc2[C@@H]1c1ccc(F)c(F)c1F. The minimum absolute atomic E-state index is 0.0909. The molecule has 1 aliphatic heterocycles. The highest BCUT2D eigenvalue weighted by Gasteiger charge is 2.38. The van der Waals surface area contributed by atoms with Gasteiger partial charge in [-0.3, -0.25) is 0 Å². The number of hydrogen-bond donors (Lipinski definition) is 2. The van der Waals surface area contributed by atoms with Crippen LogP contribution in [0.5, 0.6) is 0 Å². The quantitative estimate of drug-likeness (QED) is 0.571. The van der Waals surface area contributed by atoms with E-state index < -0.39 is 41.5 Å². The Morgan fingerprint density at radius 3 is 2.70 bits per heavy atom. The lowest BCUT2D eigenvalue weighted by atomic mass is 9.95. The summed E-state index contributed by atoms with van der Waals surface area (Å²) in [6, 6.07) is -0.755. The molecule has 7 nitrogen and oxygen atoms in total. The average molecular weight is 424 g/mol. The predicted octanol–water partition coefficient (Wildman–Crippen LogP) is 3.07. The molecular formula is C20H23F3N4O3. The van der Waals surface area contributed by atoms with Crippen LogP contribution in [-0.2, 0) is 16.0 Å². The van der Waals surface area contributed by atoms with Gasteiger partial charge in [0.2, 0.25) is 0 Å². The number of H-pyrrole nitrogens is 1. The van der Waals surface area contributed by atoms with Gasteiger partial charge in [-0.25, -0.2) is 27.7 Å². The number of amides is 2. The highest BCUT2D eigenvalue weighted by molar-refractivity contribution is 5.84. The number of carbonyl (C=O) groups is 2. The van der Waals surface area contributed by atoms with Crippen LogP contribution in [0.2, 0.25) is 0 Å². The molecule has 1 aliphatic rings. The van der Waals surface area contributed by atoms with Gasteiger partial charge in [-0.1, -0.05) is 19.9 Å². The third-order valence-electron chi connectivity index (χ3n) is 5.04. The van der Waals surface area contributed by atoms with Gasteiger partial charge < -0.3 is 19.9 Å². The van der Waals surface area contributed by atoms with Crippen LogP contribution in [0.25, 0.3) is 0 Å². The summed E-state index contributed by atoms with van der Waals surface area (Å²) in [5.74, 6) is -4.85. The number of benzene rings is 1. The number of imidazole rings is 1. The highest BCUT2D eigenvalue weighted by atomic mass is 19.2. The van der Waals surface area contributed by atoms with Crippen molar-refractivity contribution in [3.63, 3.8) is 0 Å². The molecule has 3 rings (SSSR count). The van der Waals surface area contributed by atoms with Gasteiger partial charge in [0.15, 0.2) is 17.5 Å². The fourth-order valence-corrected chi connectivity index (χ4v) is 3.62. The van der Waals surface area contributed by atoms with E-state index in [9.17, 15) is 22.8 Å². The van der Waals surface area contributed by atoms with E-state index in [1.807, 2.05) is 13.8 Å². The first-order valence-electron chi connectivity index (χ1n) is 9.55. The fourth-order valence-electron chi connectivity index (χ4n) is 3.62. The topological polar surface area (TPSA) is 87.3 Å². The van der Waals surface area contributed by atoms with Crippen molar-refractivity contribution >= 4 is 12.0 Å². The van der Waals surface area contributed by atoms with E-state index in [1.54, 1.807) is 0 Å². The molecule has 2 heterocycles. The number of methoxy groups -OCH3 is 1. The number of esters is 1. The van der Waals surface area contributed by atoms with Crippen LogP contribution in [0, 0.1) is 23.4 Å². The van der Waals surface area contributed by atoms with Crippen LogP contribution in [0.15, 0.2) is 18.5 Å². The molecule has 0 saturated heterocycles. The van der Waals surface area contributed by atoms with Crippen molar-refractivity contribution in [1.29, 1.82) is 0 Å². The summed E-state index contributed by atoms with van der Waals surface area (Å²) in [5, 5.41) is 2.62. The number of fused-ring (bicyclic) bond motifs is 1. The summed E-state index contributed by atoms with van der Waals surface area (Å²) in [6.45, 7) is 3.93. The molecule has 1 aromatic carbocycles. The molecular weight excluding hydrogens is 401 g/mol. The Morgan fingerprint density at radius 2 is 2.03 bits per heavy atom. The molecule has 2 N–H and O–H groups in total. The van der Waals surface area contributed by atoms with Gasteiger partial charge in [0.1, 0.15) is 12.1 Å². The number of aromatic amines is 1. The maximum absolute atomic E-state index is 14.6. The summed E-state index contributed by atoms with van der Waals surface area (Å²) < 4.78 is 46.8. The number of hydrogen-bond acceptors (Lipinski definition) is 4. The highest BCUT2D eigenvalue weighted by Crippen LogP contribution is 2.35. The summed E-state index contributed by atoms with van der Waals surface area (Å²) >= 11 is 0. The Balaban J connectivity index is 1.97. The first-order valence-corrected chi connectivity index (χ1v) is 9.55. The second-order valence-electron chi connectivity index (χ2n) is 7.53. The van der Waals surface area contributed by atoms with Crippen LogP contribution < -0.4 is 5.32 Å². The molecule has 30 heavy (non-hydrogen) atoms. The number of rotatable bonds is 5. The number of carbonyl (C=O) groups excluding carboxylic acids is 2. The van der Waals surface area contributed by atoms with E-state index in [0.717, 1.165) is 12.1 Å². The van der Waals surface area contributed by atoms with E-state index in [-0.39, 0.29) is 18.0 Å². The van der Waals surface area contributed by atoms with Crippen molar-refractivity contribution in [3.8, 4) is 0 Å². The number of ether oxygens (including phenoxy) is 1. The maximum Gasteiger partial charge on any atom is 0.328 e. The Morgan fingerprint density at radius 1 is 1.30 bits per heavy atom. The first-order chi connectivity index (χ1) is 14.2. The third kappa shape index (κ3) is 4.12. The van der Waals surface area contributed by atoms with Crippen LogP contribution >= 0.6 is 0 Å². The molecule has 0 fully saturated rings. The average Bonchev–Trinajstić information content (AvgIpc) is 3.19. The zero-order valence-electron chi connectivity index (χ0n) is 16.8. The lowest BCUT2D eigenvalue weighted by Crippen LogP contribution is -2.52. The van der Waals surface area contributed by atoms with Crippen molar-refractivity contribution in [1.82, 2.24) is 20.2 Å². The van der Waals surface area contributed by atoms with Crippen LogP contribution in [-0.4, -0.2) is 46.6 Å². The minimum Gasteiger partial charge on any atom is -0.467 e. The van der Waals surface area contributed by atoms with Crippen molar-refractivity contribution < 1.29 is 27.5 Å². The zero-order valence-corrected chi connectivity index (χ0v) is 16.8. The molecule has 0 saturated carbocycles. The number of aromatic nitrogens is 2. The summed E-state index contributed by atoms with van der Waals surface area (Å²) in [5.41, 5.74) is 0.773. The molecule has 162 valence electrons. The van der Waals surface area contributed by atoms with Crippen molar-refractivity contribution in [3.05, 3.63) is 52.9 Å². The standard InChI is InChI=1S/C20H23F3N4O3/c1-10(2)8-14(19(28)30-3)26-20(29)27-7-6-13-17(25-9-24-13)18(27)11-4-5-12(21)16(23)15(11)22/h4-5,9-10,14,18H,6-8H2,1-3H3,(H,24,25)(H,26,29)/t14-,18+/m1/s1. The van der Waals surface area contributed by atoms with Gasteiger partial charge in [0.25, 0.3) is 0 Å². The number of urea groups is 1. The molecule has 0 bridgehead atoms. The molecule has 2 aromatic rings. The molecule has 2 atom stereocenters. The second-order valence-corrected chi connectivity index (χ2v) is 7.53. The number of nitrogens with one attached hydrogen (secondary N) is 2. The van der Waals surface area contributed by atoms with Gasteiger partial charge in [0.05, 0.1) is 19.1 Å². The Hall–Kier alpha value is -3.04. The summed E-state index contributed by atoms with van der Waals surface area (Å²) in [6.07, 6.45) is 2.13. The monoisotopic (exact) mass is 424 g/mol. The maximum atomic E-state index is 14.6. The van der Waals surface area contributed by atoms with E-state index in [2.05, 4.69) is 15.3 Å². The van der Waals surface area contributed by atoms with Gasteiger partial charge in [-0.2, -0.15) is 0 Å². The minimum atomic E-state index is -1.62. The zero-order chi connectivity index (χ0) is 22.0. The lowest BCUT2D eigenvalue weighted by molar-refractivity contribution is -0.143. The van der Waals surface area contributed by atoms with E-state index in [1.165, 1.54) is 18.3 Å². The van der Waals surface area contributed by atoms with Crippen LogP contribution in [0.4, 0.5) is 18.0 Å². The molecule has 0 spiro atoms. The smallest absolute Gasteiger partial charge is 0.328 e. The molecule has 2 amide bonds. The van der Waals surface area contributed by atoms with Crippen molar-refractivity contribution in [2.45, 2.75) is 38.8 Å². The fraction of sp³-hybridized carbons (Fsp3) is 0.450. The van der Waals surface area contributed by atoms with Gasteiger partial charge in [-0.05, 0) is 18.4 Å². The normalized spacial score (nSPS) is 16.9. The van der Waals surface area contributed by atoms with E-state index in [4.69, 9.17) is 4.74 Å². The summed E-state index contributed by atoms with van der Waals surface area (Å²) in [7, 11) is 1.22. The van der Waals surface area contributed by atoms with E-state index >= 15 is 0 Å². The number of halogens is 3. The second kappa shape index (κ2) is 8.76. The molecule has 1 aromatic heterocycles. The predicted molar refractivity (Wildman–Crippen MR) is 101 cm³/mol. The van der Waals surface area contributed by atoms with Crippen LogP contribution in [0.1, 0.15) is 43.3 Å². The Labute approximate surface area is 171 Å². The van der Waals surface area contributed by atoms with E-state index in [0.29, 0.717) is 24.2 Å². The molecule has 0 aliphatic carbocycles. The Bertz CT molecular complexity index is 947. The van der Waals surface area contributed by atoms with Crippen molar-refractivity contribution in [2.24, 2.45) is 5.92 Å². The first kappa shape index (κ1) is 21.7. The Kier molecular flexibility index (Phi) is 6.33. The molecule has 10 heteroatoms. The molecule has 0 unspecified atom stereocenters. The van der Waals surface area contributed by atoms with Crippen LogP contribution in [0.3, 0.4) is 0 Å². The third-order valence-corrected chi connectivity index (χ3v) is 5.04. The van der Waals surface area contributed by atoms with Gasteiger partial charge in [0, 0.05) is 24.2 Å².